The summed E-state index contributed by atoms with van der Waals surface area (Å²) < 4.78 is 1.03. The fourth-order valence-corrected chi connectivity index (χ4v) is 5.53. The lowest BCUT2D eigenvalue weighted by Gasteiger charge is -2.33. The van der Waals surface area contributed by atoms with E-state index in [1.165, 1.54) is 16.7 Å². The molecule has 1 aliphatic heterocycles. The molecular formula is C30H30N6S. The number of aromatic nitrogens is 3. The van der Waals surface area contributed by atoms with Crippen LogP contribution in [0.4, 0.5) is 11.6 Å². The van der Waals surface area contributed by atoms with Crippen molar-refractivity contribution in [3.8, 4) is 22.5 Å². The van der Waals surface area contributed by atoms with Gasteiger partial charge in [-0.15, -0.1) is 11.3 Å². The number of hydrogen-bond acceptors (Lipinski definition) is 7. The quantitative estimate of drug-likeness (QED) is 0.280. The lowest BCUT2D eigenvalue weighted by Crippen LogP contribution is -2.45. The predicted octanol–water partition coefficient (Wildman–Crippen LogP) is 6.30. The Morgan fingerprint density at radius 1 is 0.784 bits per heavy atom. The summed E-state index contributed by atoms with van der Waals surface area (Å²) in [4.78, 5) is 19.4. The SMILES string of the molecule is CCN1CCN(Cc2ccc(Nc3nc(-c4ccc(-c5ccccc5)cc4)nc4ccsc34)nc2)CC1. The van der Waals surface area contributed by atoms with Crippen molar-refractivity contribution in [3.63, 3.8) is 0 Å². The third-order valence-corrected chi connectivity index (χ3v) is 7.85. The van der Waals surface area contributed by atoms with Crippen LogP contribution >= 0.6 is 11.3 Å². The number of hydrogen-bond donors (Lipinski definition) is 1. The highest BCUT2D eigenvalue weighted by Gasteiger charge is 2.16. The number of piperazine rings is 1. The summed E-state index contributed by atoms with van der Waals surface area (Å²) in [6, 6.07) is 25.1. The molecule has 1 saturated heterocycles. The molecule has 0 aliphatic carbocycles. The van der Waals surface area contributed by atoms with Crippen LogP contribution < -0.4 is 5.32 Å². The van der Waals surface area contributed by atoms with Crippen molar-refractivity contribution < 1.29 is 0 Å². The van der Waals surface area contributed by atoms with Gasteiger partial charge in [0.15, 0.2) is 11.6 Å². The third-order valence-electron chi connectivity index (χ3n) is 6.94. The lowest BCUT2D eigenvalue weighted by molar-refractivity contribution is 0.132. The monoisotopic (exact) mass is 506 g/mol. The maximum atomic E-state index is 4.91. The Bertz CT molecular complexity index is 1460. The fourth-order valence-electron chi connectivity index (χ4n) is 4.75. The second kappa shape index (κ2) is 10.8. The van der Waals surface area contributed by atoms with Gasteiger partial charge in [0.25, 0.3) is 0 Å². The van der Waals surface area contributed by atoms with Gasteiger partial charge >= 0.3 is 0 Å². The molecule has 0 saturated carbocycles. The summed E-state index contributed by atoms with van der Waals surface area (Å²) in [6.45, 7) is 8.82. The summed E-state index contributed by atoms with van der Waals surface area (Å²) in [5.74, 6) is 2.28. The number of likely N-dealkylation sites (N-methyl/N-ethyl adjacent to an activating group) is 1. The Balaban J connectivity index is 1.20. The van der Waals surface area contributed by atoms with Gasteiger partial charge in [0.1, 0.15) is 5.82 Å². The smallest absolute Gasteiger partial charge is 0.162 e. The molecule has 0 atom stereocenters. The Morgan fingerprint density at radius 3 is 2.24 bits per heavy atom. The molecule has 3 aromatic heterocycles. The van der Waals surface area contributed by atoms with Crippen LogP contribution in [0.5, 0.6) is 0 Å². The molecule has 0 radical (unpaired) electrons. The highest BCUT2D eigenvalue weighted by molar-refractivity contribution is 7.17. The van der Waals surface area contributed by atoms with Crippen LogP contribution in [-0.4, -0.2) is 57.5 Å². The number of nitrogens with one attached hydrogen (secondary N) is 1. The topological polar surface area (TPSA) is 57.2 Å². The normalized spacial score (nSPS) is 14.7. The predicted molar refractivity (Wildman–Crippen MR) is 153 cm³/mol. The maximum absolute atomic E-state index is 4.91. The second-order valence-corrected chi connectivity index (χ2v) is 10.3. The van der Waals surface area contributed by atoms with Crippen LogP contribution in [0.3, 0.4) is 0 Å². The summed E-state index contributed by atoms with van der Waals surface area (Å²) in [7, 11) is 0. The Hall–Kier alpha value is -3.65. The summed E-state index contributed by atoms with van der Waals surface area (Å²) >= 11 is 1.64. The van der Waals surface area contributed by atoms with E-state index in [0.29, 0.717) is 5.82 Å². The van der Waals surface area contributed by atoms with Gasteiger partial charge in [-0.1, -0.05) is 67.6 Å². The van der Waals surface area contributed by atoms with Crippen molar-refractivity contribution in [2.75, 3.05) is 38.0 Å². The van der Waals surface area contributed by atoms with Gasteiger partial charge < -0.3 is 10.2 Å². The maximum Gasteiger partial charge on any atom is 0.162 e. The molecule has 5 aromatic rings. The minimum atomic E-state index is 0.704. The Morgan fingerprint density at radius 2 is 1.51 bits per heavy atom. The van der Waals surface area contributed by atoms with E-state index < -0.39 is 0 Å². The molecule has 6 rings (SSSR count). The van der Waals surface area contributed by atoms with Crippen molar-refractivity contribution in [1.29, 1.82) is 0 Å². The fraction of sp³-hybridized carbons (Fsp3) is 0.233. The number of rotatable bonds is 7. The van der Waals surface area contributed by atoms with Crippen LogP contribution in [-0.2, 0) is 6.54 Å². The van der Waals surface area contributed by atoms with Crippen LogP contribution in [0.2, 0.25) is 0 Å². The number of thiophene rings is 1. The van der Waals surface area contributed by atoms with E-state index in [9.17, 15) is 0 Å². The molecule has 0 unspecified atom stereocenters. The Labute approximate surface area is 221 Å². The molecule has 2 aromatic carbocycles. The molecule has 1 N–H and O–H groups in total. The van der Waals surface area contributed by atoms with E-state index in [1.807, 2.05) is 24.4 Å². The van der Waals surface area contributed by atoms with E-state index in [-0.39, 0.29) is 0 Å². The number of fused-ring (bicyclic) bond motifs is 1. The average Bonchev–Trinajstić information content (AvgIpc) is 3.44. The van der Waals surface area contributed by atoms with Gasteiger partial charge in [-0.2, -0.15) is 0 Å². The van der Waals surface area contributed by atoms with Gasteiger partial charge in [-0.25, -0.2) is 15.0 Å². The van der Waals surface area contributed by atoms with Crippen molar-refractivity contribution >= 4 is 33.2 Å². The van der Waals surface area contributed by atoms with Crippen LogP contribution in [0.1, 0.15) is 12.5 Å². The van der Waals surface area contributed by atoms with Crippen molar-refractivity contribution in [2.24, 2.45) is 0 Å². The molecule has 4 heterocycles. The van der Waals surface area contributed by atoms with E-state index in [2.05, 4.69) is 82.0 Å². The van der Waals surface area contributed by atoms with E-state index in [1.54, 1.807) is 11.3 Å². The second-order valence-electron chi connectivity index (χ2n) is 9.36. The standard InChI is InChI=1S/C30H30N6S/c1-2-35-15-17-36(18-16-35)21-22-8-13-27(31-20-22)33-30-28-26(14-19-37-28)32-29(34-30)25-11-9-24(10-12-25)23-6-4-3-5-7-23/h3-14,19-20H,2,15-18,21H2,1H3,(H,31,32,33,34). The van der Waals surface area contributed by atoms with Gasteiger partial charge in [0, 0.05) is 44.5 Å². The van der Waals surface area contributed by atoms with Gasteiger partial charge in [0.05, 0.1) is 10.2 Å². The van der Waals surface area contributed by atoms with Gasteiger partial charge in [-0.05, 0) is 40.7 Å². The lowest BCUT2D eigenvalue weighted by atomic mass is 10.0. The number of benzene rings is 2. The zero-order valence-electron chi connectivity index (χ0n) is 21.0. The first-order valence-electron chi connectivity index (χ1n) is 12.8. The zero-order chi connectivity index (χ0) is 25.0. The highest BCUT2D eigenvalue weighted by Crippen LogP contribution is 2.31. The van der Waals surface area contributed by atoms with Crippen LogP contribution in [0.15, 0.2) is 84.4 Å². The van der Waals surface area contributed by atoms with Crippen molar-refractivity contribution in [2.45, 2.75) is 13.5 Å². The molecular weight excluding hydrogens is 476 g/mol. The van der Waals surface area contributed by atoms with Gasteiger partial charge in [-0.3, -0.25) is 4.90 Å². The largest absolute Gasteiger partial charge is 0.324 e. The zero-order valence-corrected chi connectivity index (χ0v) is 21.8. The molecule has 0 amide bonds. The molecule has 0 bridgehead atoms. The van der Waals surface area contributed by atoms with Gasteiger partial charge in [0.2, 0.25) is 0 Å². The molecule has 0 spiro atoms. The number of nitrogens with zero attached hydrogens (tertiary/aromatic N) is 5. The summed E-state index contributed by atoms with van der Waals surface area (Å²) in [5, 5.41) is 5.51. The first kappa shape index (κ1) is 23.7. The van der Waals surface area contributed by atoms with E-state index in [0.717, 1.165) is 66.7 Å². The third kappa shape index (κ3) is 5.39. The average molecular weight is 507 g/mol. The van der Waals surface area contributed by atoms with Crippen LogP contribution in [0.25, 0.3) is 32.7 Å². The van der Waals surface area contributed by atoms with Crippen LogP contribution in [0, 0.1) is 0 Å². The molecule has 37 heavy (non-hydrogen) atoms. The molecule has 1 fully saturated rings. The first-order valence-corrected chi connectivity index (χ1v) is 13.7. The molecule has 7 heteroatoms. The van der Waals surface area contributed by atoms with E-state index in [4.69, 9.17) is 15.0 Å². The van der Waals surface area contributed by atoms with E-state index >= 15 is 0 Å². The first-order chi connectivity index (χ1) is 18.2. The summed E-state index contributed by atoms with van der Waals surface area (Å²) in [6.07, 6.45) is 1.98. The molecule has 6 nitrogen and oxygen atoms in total. The number of pyridine rings is 1. The number of anilines is 2. The van der Waals surface area contributed by atoms with Crippen molar-refractivity contribution in [3.05, 3.63) is 89.9 Å². The minimum Gasteiger partial charge on any atom is -0.324 e. The molecule has 1 aliphatic rings. The Kier molecular flexibility index (Phi) is 6.90. The molecule has 186 valence electrons. The summed E-state index contributed by atoms with van der Waals surface area (Å²) in [5.41, 5.74) is 5.53. The minimum absolute atomic E-state index is 0.704. The highest BCUT2D eigenvalue weighted by atomic mass is 32.1. The van der Waals surface area contributed by atoms with Crippen molar-refractivity contribution in [1.82, 2.24) is 24.8 Å².